The van der Waals surface area contributed by atoms with Crippen molar-refractivity contribution in [3.63, 3.8) is 0 Å². The summed E-state index contributed by atoms with van der Waals surface area (Å²) >= 11 is 2.22. The van der Waals surface area contributed by atoms with Crippen LogP contribution in [0, 0.1) is 25.5 Å². The van der Waals surface area contributed by atoms with Gasteiger partial charge in [-0.25, -0.2) is 32.3 Å². The summed E-state index contributed by atoms with van der Waals surface area (Å²) in [6, 6.07) is 5.23. The zero-order chi connectivity index (χ0) is 63.2. The van der Waals surface area contributed by atoms with Gasteiger partial charge < -0.3 is 44.5 Å². The van der Waals surface area contributed by atoms with E-state index in [1.54, 1.807) is 39.5 Å². The van der Waals surface area contributed by atoms with Crippen LogP contribution in [0.1, 0.15) is 114 Å². The molecule has 0 spiro atoms. The van der Waals surface area contributed by atoms with E-state index in [0.717, 1.165) is 40.1 Å². The predicted molar refractivity (Wildman–Crippen MR) is 321 cm³/mol. The molecule has 87 heavy (non-hydrogen) atoms. The third-order valence-corrected chi connectivity index (χ3v) is 17.1. The van der Waals surface area contributed by atoms with Gasteiger partial charge in [0.1, 0.15) is 67.1 Å². The number of nitrogens with zero attached hydrogens (tertiary/aromatic N) is 11. The van der Waals surface area contributed by atoms with Crippen LogP contribution >= 0.6 is 22.7 Å². The Morgan fingerprint density at radius 1 is 0.644 bits per heavy atom. The first kappa shape index (κ1) is 65.2. The van der Waals surface area contributed by atoms with Gasteiger partial charge in [0.2, 0.25) is 5.91 Å². The highest BCUT2D eigenvalue weighted by Gasteiger charge is 2.34. The fraction of sp³-hybridized carbons (Fsp3) is 0.483. The van der Waals surface area contributed by atoms with Crippen molar-refractivity contribution in [1.82, 2.24) is 58.5 Å². The smallest absolute Gasteiger partial charge is 0.333 e. The van der Waals surface area contributed by atoms with Crippen molar-refractivity contribution < 1.29 is 52.6 Å². The van der Waals surface area contributed by atoms with E-state index in [-0.39, 0.29) is 59.1 Å². The minimum atomic E-state index is -1.48. The number of thiophene rings is 2. The lowest BCUT2D eigenvalue weighted by atomic mass is 10.1. The van der Waals surface area contributed by atoms with Crippen LogP contribution in [-0.2, 0) is 32.2 Å². The number of aromatic nitrogens is 10. The highest BCUT2D eigenvalue weighted by molar-refractivity contribution is 7.21. The lowest BCUT2D eigenvalue weighted by Crippen LogP contribution is -2.47. The lowest BCUT2D eigenvalue weighted by molar-refractivity contribution is -0.140. The topological polar surface area (TPSA) is 296 Å². The third-order valence-electron chi connectivity index (χ3n) is 14.6. The van der Waals surface area contributed by atoms with Crippen LogP contribution in [0.5, 0.6) is 11.5 Å². The first-order valence-corrected chi connectivity index (χ1v) is 29.8. The van der Waals surface area contributed by atoms with Crippen molar-refractivity contribution in [2.24, 2.45) is 0 Å². The quantitative estimate of drug-likeness (QED) is 0.0703. The number of methoxy groups -OCH3 is 2. The Balaban J connectivity index is 0.000000209. The molecule has 8 aromatic rings. The van der Waals surface area contributed by atoms with Crippen LogP contribution in [0.25, 0.3) is 30.4 Å². The fourth-order valence-corrected chi connectivity index (χ4v) is 12.6. The van der Waals surface area contributed by atoms with Gasteiger partial charge in [0.15, 0.2) is 0 Å². The Labute approximate surface area is 505 Å². The molecule has 6 aromatic heterocycles. The van der Waals surface area contributed by atoms with Gasteiger partial charge >= 0.3 is 17.3 Å². The fourth-order valence-electron chi connectivity index (χ4n) is 10.1. The number of aliphatic hydroxyl groups is 2. The number of aryl methyl sites for hydroxylation is 2. The number of benzene rings is 2. The number of carboxylic acid groups (broad SMARTS) is 1. The summed E-state index contributed by atoms with van der Waals surface area (Å²) in [5.41, 5.74) is -3.93. The van der Waals surface area contributed by atoms with E-state index < -0.39 is 75.6 Å². The maximum absolute atomic E-state index is 14.5. The highest BCUT2D eigenvalue weighted by Crippen LogP contribution is 2.37. The minimum Gasteiger partial charge on any atom is -0.496 e. The van der Waals surface area contributed by atoms with Crippen molar-refractivity contribution in [3.8, 4) is 21.5 Å². The number of ether oxygens (including phenoxy) is 4. The lowest BCUT2D eigenvalue weighted by Gasteiger charge is -2.27. The van der Waals surface area contributed by atoms with E-state index in [0.29, 0.717) is 54.9 Å². The maximum atomic E-state index is 14.5. The number of amides is 1. The van der Waals surface area contributed by atoms with Crippen LogP contribution in [0.15, 0.2) is 80.4 Å². The van der Waals surface area contributed by atoms with E-state index >= 15 is 0 Å². The summed E-state index contributed by atoms with van der Waals surface area (Å²) in [4.78, 5) is 85.8. The van der Waals surface area contributed by atoms with Gasteiger partial charge in [-0.2, -0.15) is 20.4 Å². The summed E-state index contributed by atoms with van der Waals surface area (Å²) in [6.45, 7) is 15.2. The molecule has 0 saturated carbocycles. The number of nitrogens with one attached hydrogen (secondary N) is 1. The second-order valence-corrected chi connectivity index (χ2v) is 24.3. The largest absolute Gasteiger partial charge is 0.496 e. The first-order chi connectivity index (χ1) is 41.2. The van der Waals surface area contributed by atoms with Gasteiger partial charge in [0, 0.05) is 35.3 Å². The number of aliphatic carboxylic acids is 1. The normalized spacial score (nSPS) is 15.0. The zero-order valence-electron chi connectivity index (χ0n) is 50.0. The van der Waals surface area contributed by atoms with E-state index in [1.165, 1.54) is 141 Å². The second kappa shape index (κ2) is 27.5. The van der Waals surface area contributed by atoms with E-state index in [1.807, 2.05) is 0 Å². The molecule has 2 saturated heterocycles. The monoisotopic (exact) mass is 1250 g/mol. The van der Waals surface area contributed by atoms with Crippen molar-refractivity contribution in [3.05, 3.63) is 137 Å². The van der Waals surface area contributed by atoms with Gasteiger partial charge in [-0.15, -0.1) is 9.59 Å². The van der Waals surface area contributed by atoms with E-state index in [2.05, 4.69) is 25.7 Å². The molecule has 0 bridgehead atoms. The Bertz CT molecular complexity index is 3980. The molecule has 2 aliphatic rings. The molecule has 2 aliphatic heterocycles. The van der Waals surface area contributed by atoms with E-state index in [4.69, 9.17) is 18.9 Å². The average Bonchev–Trinajstić information content (AvgIpc) is 1.74. The summed E-state index contributed by atoms with van der Waals surface area (Å²) in [6.07, 6.45) is 8.39. The van der Waals surface area contributed by atoms with Crippen LogP contribution < -0.4 is 37.3 Å². The number of hydrogen-bond donors (Lipinski definition) is 4. The molecule has 2 fully saturated rings. The number of halogens is 2. The molecule has 2 aromatic carbocycles. The standard InChI is InChI=1S/C29H35FN6O6S.C25H28FN5O7S.C4H9N/c1-17-23-25(38)35(18(2)24(37)33-12-6-7-13-33)28(39)34(27(23)43-26(17)36-31-10-11-32-36)15-22(42-16-29(3,4)40)20-14-19(30)8-9-21(20)41-5;1-13-19-20(32)30(14(2)23(33)34)24(35)29(22(19)39-21(13)31-27-8-9-28-31)11-18(38-12-25(3,4)36)16-10-15(26)6-7-17(16)37-5;1-2-4-5-3-1/h8-11,14,18,22,40H,6-7,12-13,15-16H2,1-5H3;6-10,14,18,36H,11-12H2,1-5H3,(H,33,34);5H,1-4H2/t18-,22+;14-,18+;/m11./s1. The first-order valence-electron chi connectivity index (χ1n) is 28.1. The number of hydrogen-bond acceptors (Lipinski definition) is 19. The Morgan fingerprint density at radius 2 is 1.03 bits per heavy atom. The molecule has 29 heteroatoms. The summed E-state index contributed by atoms with van der Waals surface area (Å²) < 4.78 is 56.2. The van der Waals surface area contributed by atoms with Gasteiger partial charge in [-0.3, -0.25) is 23.5 Å². The number of rotatable bonds is 20. The Morgan fingerprint density at radius 3 is 1.38 bits per heavy atom. The molecule has 10 rings (SSSR count). The van der Waals surface area contributed by atoms with Gasteiger partial charge in [-0.05, 0) is 131 Å². The molecule has 0 unspecified atom stereocenters. The number of likely N-dealkylation sites (tertiary alicyclic amines) is 1. The van der Waals surface area contributed by atoms with Crippen LogP contribution in [0.2, 0.25) is 0 Å². The van der Waals surface area contributed by atoms with Gasteiger partial charge in [0.25, 0.3) is 11.1 Å². The van der Waals surface area contributed by atoms with Crippen LogP contribution in [0.4, 0.5) is 8.78 Å². The Kier molecular flexibility index (Phi) is 20.6. The molecule has 468 valence electrons. The Hall–Kier alpha value is -7.80. The second-order valence-electron chi connectivity index (χ2n) is 22.4. The number of carboxylic acids is 1. The summed E-state index contributed by atoms with van der Waals surface area (Å²) in [5.74, 6) is -2.21. The zero-order valence-corrected chi connectivity index (χ0v) is 51.6. The van der Waals surface area contributed by atoms with Crippen LogP contribution in [-0.4, -0.2) is 145 Å². The van der Waals surface area contributed by atoms with Crippen molar-refractivity contribution >= 4 is 55.0 Å². The molecule has 0 aliphatic carbocycles. The molecule has 0 radical (unpaired) electrons. The number of fused-ring (bicyclic) bond motifs is 2. The molecular formula is C58H72F2N12O13S2. The SMILES string of the molecule is C1CCNC1.COc1ccc(F)cc1[C@H](Cn1c(=O)n([C@H](C)C(=O)N2CCCC2)c(=O)c2c(C)c(-n3nccn3)sc21)OCC(C)(C)O.COc1ccc(F)cc1[C@H](Cn1c(=O)n([C@H](C)C(=O)O)c(=O)c2c(C)c(-n3nccn3)sc21)OCC(C)(C)O. The van der Waals surface area contributed by atoms with E-state index in [9.17, 15) is 52.9 Å². The van der Waals surface area contributed by atoms with Crippen molar-refractivity contribution in [2.45, 2.75) is 130 Å². The molecule has 8 heterocycles. The molecule has 25 nitrogen and oxygen atoms in total. The molecule has 4 N–H and O–H groups in total. The molecule has 1 amide bonds. The average molecular weight is 1250 g/mol. The molecular weight excluding hydrogens is 1170 g/mol. The number of carbonyl (C=O) groups is 2. The minimum absolute atomic E-state index is 0.118. The highest BCUT2D eigenvalue weighted by atomic mass is 32.1. The summed E-state index contributed by atoms with van der Waals surface area (Å²) in [5, 5.41) is 51.7. The molecule has 4 atom stereocenters. The third kappa shape index (κ3) is 14.6. The predicted octanol–water partition coefficient (Wildman–Crippen LogP) is 5.78. The van der Waals surface area contributed by atoms with Gasteiger partial charge in [0.05, 0.1) is 87.3 Å². The van der Waals surface area contributed by atoms with Crippen molar-refractivity contribution in [1.29, 1.82) is 0 Å². The maximum Gasteiger partial charge on any atom is 0.333 e. The number of carbonyl (C=O) groups excluding carboxylic acids is 1. The van der Waals surface area contributed by atoms with Crippen molar-refractivity contribution in [2.75, 3.05) is 53.6 Å². The van der Waals surface area contributed by atoms with Gasteiger partial charge in [-0.1, -0.05) is 22.7 Å². The van der Waals surface area contributed by atoms with Crippen LogP contribution in [0.3, 0.4) is 0 Å². The summed E-state index contributed by atoms with van der Waals surface area (Å²) in [7, 11) is 2.83.